The Labute approximate surface area is 91.3 Å². The lowest BCUT2D eigenvalue weighted by Crippen LogP contribution is -2.35. The highest BCUT2D eigenvalue weighted by molar-refractivity contribution is 7.92. The van der Waals surface area contributed by atoms with Crippen LogP contribution in [0, 0.1) is 0 Å². The largest absolute Gasteiger partial charge is 0.370 e. The molecule has 0 aromatic carbocycles. The molecule has 0 spiro atoms. The maximum absolute atomic E-state index is 11.4. The second-order valence-corrected chi connectivity index (χ2v) is 6.62. The van der Waals surface area contributed by atoms with Gasteiger partial charge >= 0.3 is 0 Å². The number of primary amides is 1. The zero-order chi connectivity index (χ0) is 12.1. The summed E-state index contributed by atoms with van der Waals surface area (Å²) in [6.07, 6.45) is 0.224. The van der Waals surface area contributed by atoms with E-state index in [9.17, 15) is 13.2 Å². The first-order chi connectivity index (χ1) is 6.75. The van der Waals surface area contributed by atoms with Crippen LogP contribution >= 0.6 is 0 Å². The molecule has 15 heavy (non-hydrogen) atoms. The summed E-state index contributed by atoms with van der Waals surface area (Å²) in [5.74, 6) is -0.296. The third-order valence-corrected chi connectivity index (χ3v) is 4.31. The second kappa shape index (κ2) is 6.07. The van der Waals surface area contributed by atoms with Crippen LogP contribution in [-0.2, 0) is 14.6 Å². The minimum atomic E-state index is -3.00. The lowest BCUT2D eigenvalue weighted by atomic mass is 10.2. The molecule has 0 radical (unpaired) electrons. The van der Waals surface area contributed by atoms with Crippen molar-refractivity contribution >= 4 is 15.7 Å². The van der Waals surface area contributed by atoms with Crippen molar-refractivity contribution in [3.8, 4) is 0 Å². The highest BCUT2D eigenvalue weighted by atomic mass is 32.2. The Balaban J connectivity index is 3.85. The molecule has 0 bridgehead atoms. The van der Waals surface area contributed by atoms with Gasteiger partial charge in [0.2, 0.25) is 5.91 Å². The Morgan fingerprint density at radius 1 is 1.33 bits per heavy atom. The summed E-state index contributed by atoms with van der Waals surface area (Å²) < 4.78 is 22.8. The molecule has 0 heterocycles. The second-order valence-electron chi connectivity index (χ2n) is 3.94. The first-order valence-electron chi connectivity index (χ1n) is 4.99. The lowest BCUT2D eigenvalue weighted by Gasteiger charge is -2.13. The van der Waals surface area contributed by atoms with E-state index in [1.54, 1.807) is 20.8 Å². The van der Waals surface area contributed by atoms with Gasteiger partial charge in [-0.2, -0.15) is 0 Å². The minimum Gasteiger partial charge on any atom is -0.370 e. The molecular weight excluding hydrogens is 216 g/mol. The number of nitrogens with one attached hydrogen (secondary N) is 1. The number of hydrogen-bond donors (Lipinski definition) is 2. The van der Waals surface area contributed by atoms with Crippen LogP contribution < -0.4 is 11.1 Å². The summed E-state index contributed by atoms with van der Waals surface area (Å²) in [6, 6.07) is -0.0788. The highest BCUT2D eigenvalue weighted by Crippen LogP contribution is 1.99. The smallest absolute Gasteiger partial charge is 0.218 e. The van der Waals surface area contributed by atoms with E-state index in [-0.39, 0.29) is 29.4 Å². The van der Waals surface area contributed by atoms with Gasteiger partial charge in [-0.25, -0.2) is 8.42 Å². The van der Waals surface area contributed by atoms with E-state index < -0.39 is 9.84 Å². The Hall–Kier alpha value is -0.620. The first-order valence-corrected chi connectivity index (χ1v) is 6.70. The van der Waals surface area contributed by atoms with E-state index in [0.717, 1.165) is 0 Å². The number of amides is 1. The Bertz CT molecular complexity index is 298. The van der Waals surface area contributed by atoms with Gasteiger partial charge in [-0.05, 0) is 20.8 Å². The molecule has 1 unspecified atom stereocenters. The minimum absolute atomic E-state index is 0.0788. The quantitative estimate of drug-likeness (QED) is 0.633. The van der Waals surface area contributed by atoms with Crippen LogP contribution in [0.5, 0.6) is 0 Å². The number of carbonyl (C=O) groups is 1. The van der Waals surface area contributed by atoms with Gasteiger partial charge in [0.15, 0.2) is 9.84 Å². The number of nitrogens with two attached hydrogens (primary N) is 1. The molecule has 1 atom stereocenters. The molecule has 1 amide bonds. The number of rotatable bonds is 7. The number of hydrogen-bond acceptors (Lipinski definition) is 4. The predicted molar refractivity (Wildman–Crippen MR) is 60.2 cm³/mol. The molecule has 0 aliphatic carbocycles. The normalized spacial score (nSPS) is 14.1. The SMILES string of the molecule is CC(CC(N)=O)NCCS(=O)(=O)C(C)C. The van der Waals surface area contributed by atoms with Gasteiger partial charge < -0.3 is 11.1 Å². The predicted octanol–water partition coefficient (Wildman–Crippen LogP) is -0.337. The molecule has 0 rings (SSSR count). The van der Waals surface area contributed by atoms with Gasteiger partial charge in [-0.15, -0.1) is 0 Å². The molecule has 0 aliphatic heterocycles. The van der Waals surface area contributed by atoms with E-state index in [1.165, 1.54) is 0 Å². The lowest BCUT2D eigenvalue weighted by molar-refractivity contribution is -0.118. The van der Waals surface area contributed by atoms with Gasteiger partial charge in [-0.1, -0.05) is 0 Å². The van der Waals surface area contributed by atoms with Crippen LogP contribution in [0.4, 0.5) is 0 Å². The molecular formula is C9H20N2O3S. The number of sulfone groups is 1. The average molecular weight is 236 g/mol. The maximum Gasteiger partial charge on any atom is 0.218 e. The van der Waals surface area contributed by atoms with E-state index in [1.807, 2.05) is 0 Å². The van der Waals surface area contributed by atoms with Gasteiger partial charge in [0.25, 0.3) is 0 Å². The standard InChI is InChI=1S/C9H20N2O3S/c1-7(2)15(13,14)5-4-11-8(3)6-9(10)12/h7-8,11H,4-6H2,1-3H3,(H2,10,12). The summed E-state index contributed by atoms with van der Waals surface area (Å²) in [5.41, 5.74) is 5.00. The molecule has 0 saturated heterocycles. The van der Waals surface area contributed by atoms with Crippen molar-refractivity contribution < 1.29 is 13.2 Å². The third-order valence-electron chi connectivity index (χ3n) is 2.10. The molecule has 0 saturated carbocycles. The molecule has 3 N–H and O–H groups in total. The molecule has 5 nitrogen and oxygen atoms in total. The molecule has 0 aliphatic rings. The summed E-state index contributed by atoms with van der Waals surface area (Å²) in [6.45, 7) is 5.46. The Morgan fingerprint density at radius 3 is 2.27 bits per heavy atom. The van der Waals surface area contributed by atoms with E-state index >= 15 is 0 Å². The molecule has 0 fully saturated rings. The summed E-state index contributed by atoms with van der Waals surface area (Å²) in [7, 11) is -3.00. The van der Waals surface area contributed by atoms with Gasteiger partial charge in [0.1, 0.15) is 0 Å². The fourth-order valence-corrected chi connectivity index (χ4v) is 1.93. The summed E-state index contributed by atoms with van der Waals surface area (Å²) in [5, 5.41) is 2.59. The average Bonchev–Trinajstić information content (AvgIpc) is 2.01. The fraction of sp³-hybridized carbons (Fsp3) is 0.889. The molecule has 90 valence electrons. The van der Waals surface area contributed by atoms with Crippen molar-refractivity contribution in [2.45, 2.75) is 38.5 Å². The van der Waals surface area contributed by atoms with Crippen molar-refractivity contribution in [2.75, 3.05) is 12.3 Å². The van der Waals surface area contributed by atoms with E-state index in [2.05, 4.69) is 5.32 Å². The summed E-state index contributed by atoms with van der Waals surface area (Å²) >= 11 is 0. The number of carbonyl (C=O) groups excluding carboxylic acids is 1. The Kier molecular flexibility index (Phi) is 5.82. The van der Waals surface area contributed by atoms with Crippen molar-refractivity contribution in [3.63, 3.8) is 0 Å². The zero-order valence-corrected chi connectivity index (χ0v) is 10.3. The van der Waals surface area contributed by atoms with Crippen LogP contribution in [-0.4, -0.2) is 37.9 Å². The van der Waals surface area contributed by atoms with Gasteiger partial charge in [-0.3, -0.25) is 4.79 Å². The monoisotopic (exact) mass is 236 g/mol. The van der Waals surface area contributed by atoms with Crippen molar-refractivity contribution in [1.29, 1.82) is 0 Å². The van der Waals surface area contributed by atoms with Gasteiger partial charge in [0.05, 0.1) is 11.0 Å². The van der Waals surface area contributed by atoms with E-state index in [0.29, 0.717) is 6.54 Å². The van der Waals surface area contributed by atoms with Crippen LogP contribution in [0.15, 0.2) is 0 Å². The summed E-state index contributed by atoms with van der Waals surface area (Å²) in [4.78, 5) is 10.5. The molecule has 6 heteroatoms. The highest BCUT2D eigenvalue weighted by Gasteiger charge is 2.15. The fourth-order valence-electron chi connectivity index (χ4n) is 1.06. The van der Waals surface area contributed by atoms with Gasteiger partial charge in [0, 0.05) is 19.0 Å². The molecule has 0 aromatic rings. The van der Waals surface area contributed by atoms with Crippen molar-refractivity contribution in [1.82, 2.24) is 5.32 Å². The van der Waals surface area contributed by atoms with Crippen LogP contribution in [0.1, 0.15) is 27.2 Å². The van der Waals surface area contributed by atoms with Crippen LogP contribution in [0.3, 0.4) is 0 Å². The maximum atomic E-state index is 11.4. The van der Waals surface area contributed by atoms with Crippen molar-refractivity contribution in [2.24, 2.45) is 5.73 Å². The van der Waals surface area contributed by atoms with Crippen LogP contribution in [0.2, 0.25) is 0 Å². The topological polar surface area (TPSA) is 89.3 Å². The zero-order valence-electron chi connectivity index (χ0n) is 9.49. The van der Waals surface area contributed by atoms with Crippen molar-refractivity contribution in [3.05, 3.63) is 0 Å². The molecule has 0 aromatic heterocycles. The Morgan fingerprint density at radius 2 is 1.87 bits per heavy atom. The first kappa shape index (κ1) is 14.4. The third kappa shape index (κ3) is 6.46. The van der Waals surface area contributed by atoms with Crippen LogP contribution in [0.25, 0.3) is 0 Å². The van der Waals surface area contributed by atoms with E-state index in [4.69, 9.17) is 5.73 Å².